The van der Waals surface area contributed by atoms with E-state index in [2.05, 4.69) is 15.6 Å². The number of unbranched alkanes of at least 4 members (excludes halogenated alkanes) is 1. The Morgan fingerprint density at radius 1 is 1.22 bits per heavy atom. The zero-order chi connectivity index (χ0) is 19.2. The minimum absolute atomic E-state index is 0. The van der Waals surface area contributed by atoms with Gasteiger partial charge in [0.1, 0.15) is 23.5 Å². The molecule has 0 aliphatic rings. The number of aliphatic hydroxyl groups excluding tert-OH is 1. The average Bonchev–Trinajstić information content (AvgIpc) is 2.63. The molecule has 0 saturated carbocycles. The van der Waals surface area contributed by atoms with Crippen molar-refractivity contribution < 1.29 is 14.6 Å². The number of aliphatic imine (C=N–C) groups is 1. The zero-order valence-corrected chi connectivity index (χ0v) is 19.7. The summed E-state index contributed by atoms with van der Waals surface area (Å²) in [5, 5.41) is 17.2. The molecule has 1 aromatic carbocycles. The molecule has 0 aliphatic heterocycles. The molecular formula is C18H30Cl2IN3O3. The van der Waals surface area contributed by atoms with Gasteiger partial charge in [0, 0.05) is 26.3 Å². The number of rotatable bonds is 12. The summed E-state index contributed by atoms with van der Waals surface area (Å²) in [6, 6.07) is 5.13. The molecule has 1 unspecified atom stereocenters. The summed E-state index contributed by atoms with van der Waals surface area (Å²) >= 11 is 12.0. The van der Waals surface area contributed by atoms with Crippen LogP contribution in [0.4, 0.5) is 0 Å². The largest absolute Gasteiger partial charge is 0.489 e. The van der Waals surface area contributed by atoms with Crippen LogP contribution < -0.4 is 15.4 Å². The Bertz CT molecular complexity index is 551. The van der Waals surface area contributed by atoms with E-state index in [1.807, 2.05) is 13.8 Å². The van der Waals surface area contributed by atoms with Crippen LogP contribution >= 0.6 is 47.2 Å². The van der Waals surface area contributed by atoms with Crippen molar-refractivity contribution in [1.82, 2.24) is 10.6 Å². The summed E-state index contributed by atoms with van der Waals surface area (Å²) in [6.45, 7) is 7.34. The molecule has 0 saturated heterocycles. The number of nitrogens with one attached hydrogen (secondary N) is 2. The number of benzene rings is 1. The minimum atomic E-state index is -0.751. The summed E-state index contributed by atoms with van der Waals surface area (Å²) in [5.41, 5.74) is 0. The van der Waals surface area contributed by atoms with Crippen molar-refractivity contribution in [2.45, 2.75) is 32.8 Å². The molecule has 3 N–H and O–H groups in total. The molecule has 1 atom stereocenters. The molecule has 27 heavy (non-hydrogen) atoms. The highest BCUT2D eigenvalue weighted by molar-refractivity contribution is 14.0. The first-order chi connectivity index (χ1) is 12.6. The Morgan fingerprint density at radius 2 is 2.00 bits per heavy atom. The molecule has 0 aromatic heterocycles. The van der Waals surface area contributed by atoms with Crippen LogP contribution in [-0.2, 0) is 4.74 Å². The van der Waals surface area contributed by atoms with Crippen LogP contribution in [0.2, 0.25) is 10.0 Å². The predicted molar refractivity (Wildman–Crippen MR) is 123 cm³/mol. The van der Waals surface area contributed by atoms with Gasteiger partial charge in [-0.3, -0.25) is 4.99 Å². The highest BCUT2D eigenvalue weighted by Gasteiger charge is 2.09. The van der Waals surface area contributed by atoms with Gasteiger partial charge in [-0.25, -0.2) is 0 Å². The van der Waals surface area contributed by atoms with E-state index in [1.165, 1.54) is 0 Å². The van der Waals surface area contributed by atoms with Crippen LogP contribution in [0.3, 0.4) is 0 Å². The van der Waals surface area contributed by atoms with Gasteiger partial charge in [-0.15, -0.1) is 24.0 Å². The first-order valence-electron chi connectivity index (χ1n) is 8.93. The van der Waals surface area contributed by atoms with Gasteiger partial charge >= 0.3 is 0 Å². The number of hydrogen-bond acceptors (Lipinski definition) is 4. The number of guanidine groups is 1. The maximum atomic E-state index is 10.1. The fourth-order valence-corrected chi connectivity index (χ4v) is 2.40. The first kappa shape index (κ1) is 26.5. The average molecular weight is 534 g/mol. The van der Waals surface area contributed by atoms with Crippen LogP contribution in [0.25, 0.3) is 0 Å². The lowest BCUT2D eigenvalue weighted by Gasteiger charge is -2.14. The van der Waals surface area contributed by atoms with Gasteiger partial charge in [0.05, 0.1) is 11.6 Å². The second-order valence-electron chi connectivity index (χ2n) is 5.57. The molecule has 0 fully saturated rings. The van der Waals surface area contributed by atoms with Gasteiger partial charge in [0.15, 0.2) is 5.96 Å². The van der Waals surface area contributed by atoms with Crippen LogP contribution in [0, 0.1) is 0 Å². The van der Waals surface area contributed by atoms with Crippen molar-refractivity contribution in [3.8, 4) is 5.75 Å². The van der Waals surface area contributed by atoms with Crippen molar-refractivity contribution in [2.24, 2.45) is 4.99 Å². The third kappa shape index (κ3) is 11.8. The molecule has 1 rings (SSSR count). The Balaban J connectivity index is 0.00000676. The van der Waals surface area contributed by atoms with E-state index in [1.54, 1.807) is 18.2 Å². The zero-order valence-electron chi connectivity index (χ0n) is 15.8. The standard InChI is InChI=1S/C18H29Cl2N3O3.HI/c1-3-21-18(22-10-5-6-11-25-4-2)23-12-14(24)13-26-16-9-7-8-15(19)17(16)20;/h7-9,14,24H,3-6,10-13H2,1-2H3,(H2,21,22,23);1H. The van der Waals surface area contributed by atoms with Crippen LogP contribution in [0.5, 0.6) is 5.75 Å². The van der Waals surface area contributed by atoms with Crippen LogP contribution in [-0.4, -0.2) is 56.6 Å². The minimum Gasteiger partial charge on any atom is -0.489 e. The quantitative estimate of drug-likeness (QED) is 0.165. The molecule has 0 radical (unpaired) electrons. The number of halogens is 3. The predicted octanol–water partition coefficient (Wildman–Crippen LogP) is 3.72. The van der Waals surface area contributed by atoms with Crippen molar-refractivity contribution in [3.63, 3.8) is 0 Å². The molecule has 6 nitrogen and oxygen atoms in total. The van der Waals surface area contributed by atoms with E-state index in [0.717, 1.165) is 39.1 Å². The normalized spacial score (nSPS) is 12.3. The van der Waals surface area contributed by atoms with Gasteiger partial charge in [0.2, 0.25) is 0 Å². The maximum Gasteiger partial charge on any atom is 0.191 e. The summed E-state index contributed by atoms with van der Waals surface area (Å²) in [5.74, 6) is 1.12. The number of aliphatic hydroxyl groups is 1. The van der Waals surface area contributed by atoms with E-state index in [9.17, 15) is 5.11 Å². The Hall–Kier alpha value is -0.480. The van der Waals surface area contributed by atoms with Crippen molar-refractivity contribution in [2.75, 3.05) is 39.5 Å². The fourth-order valence-electron chi connectivity index (χ4n) is 2.05. The van der Waals surface area contributed by atoms with Crippen molar-refractivity contribution >= 4 is 53.1 Å². The van der Waals surface area contributed by atoms with E-state index < -0.39 is 6.10 Å². The smallest absolute Gasteiger partial charge is 0.191 e. The lowest BCUT2D eigenvalue weighted by atomic mass is 10.3. The second-order valence-corrected chi connectivity index (χ2v) is 6.35. The van der Waals surface area contributed by atoms with E-state index in [4.69, 9.17) is 32.7 Å². The Labute approximate surface area is 189 Å². The van der Waals surface area contributed by atoms with Gasteiger partial charge < -0.3 is 25.2 Å². The summed E-state index contributed by atoms with van der Waals surface area (Å²) < 4.78 is 10.8. The van der Waals surface area contributed by atoms with Gasteiger partial charge in [-0.2, -0.15) is 0 Å². The topological polar surface area (TPSA) is 75.1 Å². The number of hydrogen-bond donors (Lipinski definition) is 3. The molecule has 1 aromatic rings. The Kier molecular flexibility index (Phi) is 16.2. The van der Waals surface area contributed by atoms with E-state index >= 15 is 0 Å². The molecule has 9 heteroatoms. The van der Waals surface area contributed by atoms with Gasteiger partial charge in [0.25, 0.3) is 0 Å². The third-order valence-electron chi connectivity index (χ3n) is 3.36. The molecular weight excluding hydrogens is 504 g/mol. The second kappa shape index (κ2) is 16.5. The molecule has 0 bridgehead atoms. The highest BCUT2D eigenvalue weighted by Crippen LogP contribution is 2.31. The fraction of sp³-hybridized carbons (Fsp3) is 0.611. The number of nitrogens with zero attached hydrogens (tertiary/aromatic N) is 1. The molecule has 0 aliphatic carbocycles. The summed E-state index contributed by atoms with van der Waals surface area (Å²) in [7, 11) is 0. The highest BCUT2D eigenvalue weighted by atomic mass is 127. The third-order valence-corrected chi connectivity index (χ3v) is 4.17. The van der Waals surface area contributed by atoms with Crippen molar-refractivity contribution in [3.05, 3.63) is 28.2 Å². The first-order valence-corrected chi connectivity index (χ1v) is 9.68. The lowest BCUT2D eigenvalue weighted by Crippen LogP contribution is -2.38. The molecule has 0 heterocycles. The van der Waals surface area contributed by atoms with E-state index in [-0.39, 0.29) is 37.1 Å². The maximum absolute atomic E-state index is 10.1. The van der Waals surface area contributed by atoms with Crippen LogP contribution in [0.15, 0.2) is 23.2 Å². The molecule has 0 amide bonds. The number of ether oxygens (including phenoxy) is 2. The SMILES string of the molecule is CCNC(=NCC(O)COc1cccc(Cl)c1Cl)NCCCCOCC.I. The molecule has 156 valence electrons. The van der Waals surface area contributed by atoms with E-state index in [0.29, 0.717) is 21.8 Å². The van der Waals surface area contributed by atoms with Crippen LogP contribution in [0.1, 0.15) is 26.7 Å². The summed E-state index contributed by atoms with van der Waals surface area (Å²) in [6.07, 6.45) is 1.24. The van der Waals surface area contributed by atoms with Crippen molar-refractivity contribution in [1.29, 1.82) is 0 Å². The Morgan fingerprint density at radius 3 is 2.70 bits per heavy atom. The van der Waals surface area contributed by atoms with Gasteiger partial charge in [-0.05, 0) is 38.8 Å². The summed E-state index contributed by atoms with van der Waals surface area (Å²) in [4.78, 5) is 4.37. The van der Waals surface area contributed by atoms with Gasteiger partial charge in [-0.1, -0.05) is 29.3 Å². The molecule has 0 spiro atoms. The lowest BCUT2D eigenvalue weighted by molar-refractivity contribution is 0.114. The monoisotopic (exact) mass is 533 g/mol.